The molecule has 0 aliphatic heterocycles. The Labute approximate surface area is 126 Å². The van der Waals surface area contributed by atoms with Gasteiger partial charge in [0.05, 0.1) is 0 Å². The van der Waals surface area contributed by atoms with Gasteiger partial charge in [-0.05, 0) is 61.6 Å². The van der Waals surface area contributed by atoms with Crippen LogP contribution in [-0.4, -0.2) is 6.54 Å². The van der Waals surface area contributed by atoms with Crippen LogP contribution in [0.3, 0.4) is 0 Å². The van der Waals surface area contributed by atoms with Crippen LogP contribution in [0.1, 0.15) is 19.3 Å². The molecule has 0 saturated carbocycles. The van der Waals surface area contributed by atoms with Crippen molar-refractivity contribution in [3.63, 3.8) is 0 Å². The number of nitrogens with one attached hydrogen (secondary N) is 2. The molecule has 0 saturated heterocycles. The molecule has 0 spiro atoms. The molecule has 0 fully saturated rings. The fourth-order valence-corrected chi connectivity index (χ4v) is 2.66. The Bertz CT molecular complexity index is 572. The summed E-state index contributed by atoms with van der Waals surface area (Å²) >= 11 is 0. The zero-order chi connectivity index (χ0) is 14.3. The molecule has 2 aromatic rings. The molecule has 1 atom stereocenters. The lowest BCUT2D eigenvalue weighted by Crippen LogP contribution is -2.15. The number of hydrogen-bond acceptors (Lipinski definition) is 2. The number of hydrogen-bond donors (Lipinski definition) is 2. The summed E-state index contributed by atoms with van der Waals surface area (Å²) in [6, 6.07) is 18.8. The highest BCUT2D eigenvalue weighted by Gasteiger charge is 2.09. The first-order valence-electron chi connectivity index (χ1n) is 7.71. The normalized spacial score (nSPS) is 17.4. The molecule has 1 unspecified atom stereocenters. The van der Waals surface area contributed by atoms with Crippen LogP contribution in [0, 0.1) is 5.92 Å². The third-order valence-electron chi connectivity index (χ3n) is 3.92. The molecule has 1 aliphatic rings. The maximum absolute atomic E-state index is 3.54. The summed E-state index contributed by atoms with van der Waals surface area (Å²) < 4.78 is 0. The highest BCUT2D eigenvalue weighted by Crippen LogP contribution is 2.21. The van der Waals surface area contributed by atoms with Gasteiger partial charge in [0.1, 0.15) is 0 Å². The molecule has 1 aliphatic carbocycles. The van der Waals surface area contributed by atoms with Crippen molar-refractivity contribution in [2.45, 2.75) is 19.3 Å². The van der Waals surface area contributed by atoms with E-state index in [1.54, 1.807) is 0 Å². The molecule has 2 nitrogen and oxygen atoms in total. The second-order valence-corrected chi connectivity index (χ2v) is 5.60. The second kappa shape index (κ2) is 6.98. The van der Waals surface area contributed by atoms with E-state index in [0.29, 0.717) is 0 Å². The summed E-state index contributed by atoms with van der Waals surface area (Å²) in [6.07, 6.45) is 8.34. The van der Waals surface area contributed by atoms with E-state index in [0.717, 1.165) is 23.8 Å². The number of allylic oxidation sites excluding steroid dienone is 2. The van der Waals surface area contributed by atoms with Crippen LogP contribution < -0.4 is 10.6 Å². The van der Waals surface area contributed by atoms with Gasteiger partial charge in [0.25, 0.3) is 0 Å². The standard InChI is InChI=1S/C19H22N2/c1-3-7-16(8-4-1)15-20-17-11-13-19(14-12-17)21-18-9-5-2-6-10-18/h1-3,5-6,9-14,16,20-21H,4,7-8,15H2. The average Bonchev–Trinajstić information content (AvgIpc) is 2.56. The van der Waals surface area contributed by atoms with Crippen LogP contribution in [0.4, 0.5) is 17.1 Å². The van der Waals surface area contributed by atoms with Gasteiger partial charge in [-0.2, -0.15) is 0 Å². The van der Waals surface area contributed by atoms with Crippen LogP contribution in [0.2, 0.25) is 0 Å². The zero-order valence-corrected chi connectivity index (χ0v) is 12.3. The summed E-state index contributed by atoms with van der Waals surface area (Å²) in [4.78, 5) is 0. The Morgan fingerprint density at radius 3 is 2.24 bits per heavy atom. The van der Waals surface area contributed by atoms with Crippen molar-refractivity contribution < 1.29 is 0 Å². The third-order valence-corrected chi connectivity index (χ3v) is 3.92. The predicted octanol–water partition coefficient (Wildman–Crippen LogP) is 5.20. The van der Waals surface area contributed by atoms with Crippen molar-refractivity contribution in [3.8, 4) is 0 Å². The predicted molar refractivity (Wildman–Crippen MR) is 91.1 cm³/mol. The minimum atomic E-state index is 0.775. The van der Waals surface area contributed by atoms with Gasteiger partial charge in [0.15, 0.2) is 0 Å². The van der Waals surface area contributed by atoms with E-state index in [9.17, 15) is 0 Å². The molecule has 0 bridgehead atoms. The number of anilines is 3. The zero-order valence-electron chi connectivity index (χ0n) is 12.3. The van der Waals surface area contributed by atoms with Crippen molar-refractivity contribution in [1.82, 2.24) is 0 Å². The highest BCUT2D eigenvalue weighted by molar-refractivity contribution is 5.62. The molecule has 0 aromatic heterocycles. The average molecular weight is 278 g/mol. The van der Waals surface area contributed by atoms with Crippen LogP contribution in [-0.2, 0) is 0 Å². The largest absolute Gasteiger partial charge is 0.385 e. The first-order chi connectivity index (χ1) is 10.4. The van der Waals surface area contributed by atoms with Gasteiger partial charge in [-0.3, -0.25) is 0 Å². The van der Waals surface area contributed by atoms with Crippen LogP contribution >= 0.6 is 0 Å². The van der Waals surface area contributed by atoms with Gasteiger partial charge in [-0.15, -0.1) is 0 Å². The maximum atomic E-state index is 3.54. The Morgan fingerprint density at radius 1 is 0.810 bits per heavy atom. The van der Waals surface area contributed by atoms with E-state index in [4.69, 9.17) is 0 Å². The molecule has 21 heavy (non-hydrogen) atoms. The molecule has 0 amide bonds. The second-order valence-electron chi connectivity index (χ2n) is 5.60. The first kappa shape index (κ1) is 13.7. The minimum absolute atomic E-state index is 0.775. The van der Waals surface area contributed by atoms with Crippen LogP contribution in [0.5, 0.6) is 0 Å². The van der Waals surface area contributed by atoms with Gasteiger partial charge >= 0.3 is 0 Å². The molecule has 3 rings (SSSR count). The third kappa shape index (κ3) is 4.12. The molecule has 108 valence electrons. The molecular formula is C19H22N2. The lowest BCUT2D eigenvalue weighted by molar-refractivity contribution is 0.504. The van der Waals surface area contributed by atoms with Crippen LogP contribution in [0.25, 0.3) is 0 Å². The van der Waals surface area contributed by atoms with Gasteiger partial charge in [-0.25, -0.2) is 0 Å². The molecule has 2 aromatic carbocycles. The lowest BCUT2D eigenvalue weighted by atomic mass is 9.94. The summed E-state index contributed by atoms with van der Waals surface area (Å²) in [6.45, 7) is 1.07. The van der Waals surface area contributed by atoms with Gasteiger partial charge in [0.2, 0.25) is 0 Å². The van der Waals surface area contributed by atoms with E-state index in [2.05, 4.69) is 59.2 Å². The topological polar surface area (TPSA) is 24.1 Å². The Hall–Kier alpha value is -2.22. The summed E-state index contributed by atoms with van der Waals surface area (Å²) in [7, 11) is 0. The van der Waals surface area contributed by atoms with E-state index < -0.39 is 0 Å². The molecule has 0 radical (unpaired) electrons. The summed E-state index contributed by atoms with van der Waals surface area (Å²) in [5.41, 5.74) is 3.43. The molecule has 2 N–H and O–H groups in total. The van der Waals surface area contributed by atoms with E-state index in [1.165, 1.54) is 24.9 Å². The van der Waals surface area contributed by atoms with Crippen molar-refractivity contribution in [2.24, 2.45) is 5.92 Å². The lowest BCUT2D eigenvalue weighted by Gasteiger charge is -2.19. The van der Waals surface area contributed by atoms with Gasteiger partial charge in [0, 0.05) is 23.6 Å². The van der Waals surface area contributed by atoms with Crippen molar-refractivity contribution in [1.29, 1.82) is 0 Å². The first-order valence-corrected chi connectivity index (χ1v) is 7.71. The Balaban J connectivity index is 1.53. The van der Waals surface area contributed by atoms with E-state index in [1.807, 2.05) is 18.2 Å². The maximum Gasteiger partial charge on any atom is 0.0385 e. The van der Waals surface area contributed by atoms with Crippen molar-refractivity contribution in [2.75, 3.05) is 17.2 Å². The smallest absolute Gasteiger partial charge is 0.0385 e. The molecule has 2 heteroatoms. The molecule has 0 heterocycles. The quantitative estimate of drug-likeness (QED) is 0.735. The summed E-state index contributed by atoms with van der Waals surface area (Å²) in [5.74, 6) is 0.775. The van der Waals surface area contributed by atoms with Crippen molar-refractivity contribution in [3.05, 3.63) is 66.7 Å². The fourth-order valence-electron chi connectivity index (χ4n) is 2.66. The summed E-state index contributed by atoms with van der Waals surface area (Å²) in [5, 5.41) is 6.94. The number of para-hydroxylation sites is 1. The van der Waals surface area contributed by atoms with Crippen molar-refractivity contribution >= 4 is 17.1 Å². The van der Waals surface area contributed by atoms with Gasteiger partial charge in [-0.1, -0.05) is 30.4 Å². The highest BCUT2D eigenvalue weighted by atomic mass is 14.9. The minimum Gasteiger partial charge on any atom is -0.385 e. The fraction of sp³-hybridized carbons (Fsp3) is 0.263. The van der Waals surface area contributed by atoms with Gasteiger partial charge < -0.3 is 10.6 Å². The number of benzene rings is 2. The van der Waals surface area contributed by atoms with E-state index in [-0.39, 0.29) is 0 Å². The Morgan fingerprint density at radius 2 is 1.52 bits per heavy atom. The molecular weight excluding hydrogens is 256 g/mol. The van der Waals surface area contributed by atoms with E-state index >= 15 is 0 Å². The Kier molecular flexibility index (Phi) is 4.57. The SMILES string of the molecule is C1=CCC(CNc2ccc(Nc3ccccc3)cc2)CC1. The monoisotopic (exact) mass is 278 g/mol. The van der Waals surface area contributed by atoms with Crippen LogP contribution in [0.15, 0.2) is 66.7 Å². The number of rotatable bonds is 5.